The molecule has 1 fully saturated rings. The van der Waals surface area contributed by atoms with Crippen molar-refractivity contribution < 1.29 is 13.7 Å². The van der Waals surface area contributed by atoms with Crippen LogP contribution in [0.1, 0.15) is 43.7 Å². The lowest BCUT2D eigenvalue weighted by Gasteiger charge is -2.16. The van der Waals surface area contributed by atoms with E-state index in [0.717, 1.165) is 16.8 Å². The number of hydrogen-bond donors (Lipinski definition) is 0. The lowest BCUT2D eigenvalue weighted by atomic mass is 10.1. The van der Waals surface area contributed by atoms with Crippen molar-refractivity contribution in [2.24, 2.45) is 0 Å². The molecule has 1 atom stereocenters. The first-order chi connectivity index (χ1) is 14.9. The molecular formula is C23H22N4O4. The van der Waals surface area contributed by atoms with E-state index in [0.29, 0.717) is 35.8 Å². The van der Waals surface area contributed by atoms with E-state index in [2.05, 4.69) is 10.1 Å². The smallest absolute Gasteiger partial charge is 0.408 e. The fourth-order valence-electron chi connectivity index (χ4n) is 4.03. The number of anilines is 1. The molecule has 2 aromatic heterocycles. The zero-order valence-electron chi connectivity index (χ0n) is 17.5. The summed E-state index contributed by atoms with van der Waals surface area (Å²) in [5, 5.41) is 4.09. The summed E-state index contributed by atoms with van der Waals surface area (Å²) in [6.07, 6.45) is 0.320. The van der Waals surface area contributed by atoms with Gasteiger partial charge in [-0.15, -0.1) is 0 Å². The Morgan fingerprint density at radius 2 is 1.87 bits per heavy atom. The van der Waals surface area contributed by atoms with E-state index in [1.807, 2.05) is 57.2 Å². The van der Waals surface area contributed by atoms with Gasteiger partial charge in [-0.2, -0.15) is 4.98 Å². The fraction of sp³-hybridized carbons (Fsp3) is 0.304. The maximum Gasteiger partial charge on any atom is 0.420 e. The van der Waals surface area contributed by atoms with Crippen molar-refractivity contribution in [1.82, 2.24) is 14.7 Å². The van der Waals surface area contributed by atoms with Gasteiger partial charge < -0.3 is 13.8 Å². The van der Waals surface area contributed by atoms with Gasteiger partial charge in [0.15, 0.2) is 5.58 Å². The van der Waals surface area contributed by atoms with Gasteiger partial charge in [-0.25, -0.2) is 4.79 Å². The van der Waals surface area contributed by atoms with Crippen LogP contribution in [0.2, 0.25) is 0 Å². The number of amides is 1. The van der Waals surface area contributed by atoms with E-state index in [4.69, 9.17) is 8.94 Å². The molecule has 0 bridgehead atoms. The van der Waals surface area contributed by atoms with Gasteiger partial charge in [0.25, 0.3) is 0 Å². The molecule has 31 heavy (non-hydrogen) atoms. The SMILES string of the molecule is Cc1ccc(N2C[C@@H](c3nc(-c4ccc5c(c4)oc(=O)n5C(C)C)no3)CC2=O)cc1. The lowest BCUT2D eigenvalue weighted by molar-refractivity contribution is -0.117. The second-order valence-electron chi connectivity index (χ2n) is 8.21. The zero-order valence-corrected chi connectivity index (χ0v) is 17.5. The molecular weight excluding hydrogens is 396 g/mol. The summed E-state index contributed by atoms with van der Waals surface area (Å²) in [4.78, 5) is 30.9. The molecule has 0 unspecified atom stereocenters. The van der Waals surface area contributed by atoms with Crippen LogP contribution in [0.5, 0.6) is 0 Å². The monoisotopic (exact) mass is 418 g/mol. The summed E-state index contributed by atoms with van der Waals surface area (Å²) < 4.78 is 12.5. The molecule has 0 aliphatic carbocycles. The van der Waals surface area contributed by atoms with Crippen LogP contribution in [-0.2, 0) is 4.79 Å². The van der Waals surface area contributed by atoms with Gasteiger partial charge in [0.05, 0.1) is 11.4 Å². The number of oxazole rings is 1. The predicted molar refractivity (Wildman–Crippen MR) is 115 cm³/mol. The number of rotatable bonds is 4. The Morgan fingerprint density at radius 3 is 2.61 bits per heavy atom. The van der Waals surface area contributed by atoms with Crippen molar-refractivity contribution in [3.8, 4) is 11.4 Å². The molecule has 0 radical (unpaired) electrons. The van der Waals surface area contributed by atoms with E-state index in [-0.39, 0.29) is 17.9 Å². The molecule has 4 aromatic rings. The molecule has 3 heterocycles. The number of fused-ring (bicyclic) bond motifs is 1. The molecule has 8 heteroatoms. The average molecular weight is 418 g/mol. The van der Waals surface area contributed by atoms with Crippen LogP contribution >= 0.6 is 0 Å². The van der Waals surface area contributed by atoms with Crippen molar-refractivity contribution in [3.05, 3.63) is 64.5 Å². The highest BCUT2D eigenvalue weighted by Crippen LogP contribution is 2.32. The average Bonchev–Trinajstić information content (AvgIpc) is 3.44. The van der Waals surface area contributed by atoms with Crippen LogP contribution in [0.25, 0.3) is 22.5 Å². The largest absolute Gasteiger partial charge is 0.420 e. The number of benzene rings is 2. The number of aromatic nitrogens is 3. The summed E-state index contributed by atoms with van der Waals surface area (Å²) in [6.45, 7) is 6.37. The fourth-order valence-corrected chi connectivity index (χ4v) is 4.03. The van der Waals surface area contributed by atoms with Crippen molar-refractivity contribution in [2.45, 2.75) is 39.2 Å². The third-order valence-corrected chi connectivity index (χ3v) is 5.65. The Hall–Kier alpha value is -3.68. The number of aryl methyl sites for hydroxylation is 1. The van der Waals surface area contributed by atoms with Crippen LogP contribution in [-0.4, -0.2) is 27.2 Å². The van der Waals surface area contributed by atoms with Gasteiger partial charge in [-0.1, -0.05) is 22.9 Å². The number of nitrogens with zero attached hydrogens (tertiary/aromatic N) is 4. The third kappa shape index (κ3) is 3.34. The van der Waals surface area contributed by atoms with E-state index in [9.17, 15) is 9.59 Å². The van der Waals surface area contributed by atoms with Crippen LogP contribution in [0.3, 0.4) is 0 Å². The predicted octanol–water partition coefficient (Wildman–Crippen LogP) is 4.05. The third-order valence-electron chi connectivity index (χ3n) is 5.65. The van der Waals surface area contributed by atoms with Crippen molar-refractivity contribution >= 4 is 22.7 Å². The van der Waals surface area contributed by atoms with Crippen molar-refractivity contribution in [1.29, 1.82) is 0 Å². The first-order valence-corrected chi connectivity index (χ1v) is 10.3. The molecule has 1 amide bonds. The maximum absolute atomic E-state index is 12.5. The Morgan fingerprint density at radius 1 is 1.10 bits per heavy atom. The quantitative estimate of drug-likeness (QED) is 0.496. The highest BCUT2D eigenvalue weighted by Gasteiger charge is 2.35. The summed E-state index contributed by atoms with van der Waals surface area (Å²) in [7, 11) is 0. The van der Waals surface area contributed by atoms with Gasteiger partial charge in [0, 0.05) is 30.3 Å². The van der Waals surface area contributed by atoms with E-state index >= 15 is 0 Å². The maximum atomic E-state index is 12.5. The summed E-state index contributed by atoms with van der Waals surface area (Å²) >= 11 is 0. The van der Waals surface area contributed by atoms with Crippen LogP contribution in [0, 0.1) is 6.92 Å². The van der Waals surface area contributed by atoms with E-state index < -0.39 is 5.76 Å². The van der Waals surface area contributed by atoms with Gasteiger partial charge >= 0.3 is 5.76 Å². The first kappa shape index (κ1) is 19.3. The zero-order chi connectivity index (χ0) is 21.7. The molecule has 158 valence electrons. The number of hydrogen-bond acceptors (Lipinski definition) is 6. The number of carbonyl (C=O) groups is 1. The number of carbonyl (C=O) groups excluding carboxylic acids is 1. The molecule has 0 spiro atoms. The molecule has 0 saturated carbocycles. The molecule has 1 aliphatic rings. The minimum Gasteiger partial charge on any atom is -0.408 e. The van der Waals surface area contributed by atoms with Crippen LogP contribution in [0.4, 0.5) is 5.69 Å². The Kier molecular flexibility index (Phi) is 4.50. The molecule has 1 saturated heterocycles. The van der Waals surface area contributed by atoms with E-state index in [1.165, 1.54) is 0 Å². The highest BCUT2D eigenvalue weighted by molar-refractivity contribution is 5.96. The Bertz CT molecular complexity index is 1330. The second-order valence-corrected chi connectivity index (χ2v) is 8.21. The summed E-state index contributed by atoms with van der Waals surface area (Å²) in [5.74, 6) is 0.305. The second kappa shape index (κ2) is 7.23. The molecule has 1 aliphatic heterocycles. The summed E-state index contributed by atoms with van der Waals surface area (Å²) in [5.41, 5.74) is 3.90. The van der Waals surface area contributed by atoms with Gasteiger partial charge in [-0.05, 0) is 51.1 Å². The van der Waals surface area contributed by atoms with Gasteiger partial charge in [0.2, 0.25) is 17.6 Å². The topological polar surface area (TPSA) is 94.4 Å². The minimum atomic E-state index is -0.392. The molecule has 0 N–H and O–H groups in total. The minimum absolute atomic E-state index is 0.00671. The van der Waals surface area contributed by atoms with Crippen molar-refractivity contribution in [3.63, 3.8) is 0 Å². The molecule has 8 nitrogen and oxygen atoms in total. The Labute approximate surface area is 178 Å². The normalized spacial score (nSPS) is 16.7. The summed E-state index contributed by atoms with van der Waals surface area (Å²) in [6, 6.07) is 13.3. The first-order valence-electron chi connectivity index (χ1n) is 10.3. The lowest BCUT2D eigenvalue weighted by Crippen LogP contribution is -2.24. The highest BCUT2D eigenvalue weighted by atomic mass is 16.5. The van der Waals surface area contributed by atoms with Crippen LogP contribution in [0.15, 0.2) is 56.2 Å². The van der Waals surface area contributed by atoms with Gasteiger partial charge in [0.1, 0.15) is 0 Å². The van der Waals surface area contributed by atoms with Gasteiger partial charge in [-0.3, -0.25) is 9.36 Å². The van der Waals surface area contributed by atoms with E-state index in [1.54, 1.807) is 15.5 Å². The molecule has 5 rings (SSSR count). The van der Waals surface area contributed by atoms with Crippen LogP contribution < -0.4 is 10.7 Å². The molecule has 2 aromatic carbocycles. The van der Waals surface area contributed by atoms with Crippen molar-refractivity contribution in [2.75, 3.05) is 11.4 Å². The Balaban J connectivity index is 1.41. The standard InChI is InChI=1S/C23H22N4O4/c1-13(2)27-18-9-6-15(10-19(18)30-23(27)29)21-24-22(31-25-21)16-11-20(28)26(12-16)17-7-4-14(3)5-8-17/h4-10,13,16H,11-12H2,1-3H3/t16-/m0/s1.